The van der Waals surface area contributed by atoms with Gasteiger partial charge in [0.2, 0.25) is 5.89 Å². The number of benzene rings is 2. The van der Waals surface area contributed by atoms with Crippen molar-refractivity contribution in [2.75, 3.05) is 12.4 Å². The molecule has 3 aromatic rings. The molecule has 0 radical (unpaired) electrons. The average Bonchev–Trinajstić information content (AvgIpc) is 3.08. The molecule has 128 valence electrons. The van der Waals surface area contributed by atoms with E-state index >= 15 is 0 Å². The molecule has 7 heteroatoms. The molecule has 1 aromatic heterocycles. The van der Waals surface area contributed by atoms with Gasteiger partial charge in [-0.2, -0.15) is 0 Å². The molecule has 0 atom stereocenters. The molecule has 1 amide bonds. The van der Waals surface area contributed by atoms with Crippen LogP contribution in [-0.4, -0.2) is 23.2 Å². The normalized spacial score (nSPS) is 10.6. The number of carbonyl (C=O) groups is 1. The number of rotatable bonds is 4. The number of anilines is 1. The summed E-state index contributed by atoms with van der Waals surface area (Å²) < 4.78 is 10.7. The summed E-state index contributed by atoms with van der Waals surface area (Å²) in [5, 5.41) is 11.0. The second kappa shape index (κ2) is 6.94. The molecule has 1 heterocycles. The third kappa shape index (κ3) is 3.64. The Morgan fingerprint density at radius 1 is 1.16 bits per heavy atom. The number of nitrogens with zero attached hydrogens (tertiary/aromatic N) is 2. The summed E-state index contributed by atoms with van der Waals surface area (Å²) in [5.74, 6) is 0.0720. The topological polar surface area (TPSA) is 77.2 Å². The van der Waals surface area contributed by atoms with Crippen LogP contribution in [0.5, 0.6) is 5.75 Å². The van der Waals surface area contributed by atoms with Crippen molar-refractivity contribution in [1.29, 1.82) is 0 Å². The van der Waals surface area contributed by atoms with Crippen molar-refractivity contribution < 1.29 is 13.9 Å². The van der Waals surface area contributed by atoms with Crippen molar-refractivity contribution in [2.24, 2.45) is 0 Å². The smallest absolute Gasteiger partial charge is 0.313 e. The summed E-state index contributed by atoms with van der Waals surface area (Å²) in [6.07, 6.45) is 0. The highest BCUT2D eigenvalue weighted by Crippen LogP contribution is 2.31. The van der Waals surface area contributed by atoms with Crippen molar-refractivity contribution >= 4 is 23.2 Å². The van der Waals surface area contributed by atoms with Gasteiger partial charge in [-0.25, -0.2) is 0 Å². The van der Waals surface area contributed by atoms with E-state index in [1.165, 1.54) is 7.11 Å². The van der Waals surface area contributed by atoms with Gasteiger partial charge in [0.1, 0.15) is 5.75 Å². The Balaban J connectivity index is 1.83. The van der Waals surface area contributed by atoms with Crippen molar-refractivity contribution in [3.05, 3.63) is 58.4 Å². The average molecular weight is 358 g/mol. The minimum Gasteiger partial charge on any atom is -0.495 e. The van der Waals surface area contributed by atoms with Crippen molar-refractivity contribution in [2.45, 2.75) is 13.8 Å². The van der Waals surface area contributed by atoms with Gasteiger partial charge in [0.05, 0.1) is 12.8 Å². The lowest BCUT2D eigenvalue weighted by molar-refractivity contribution is 0.0990. The van der Waals surface area contributed by atoms with E-state index in [1.807, 2.05) is 38.1 Å². The van der Waals surface area contributed by atoms with Gasteiger partial charge in [-0.15, -0.1) is 10.2 Å². The highest BCUT2D eigenvalue weighted by molar-refractivity contribution is 6.31. The summed E-state index contributed by atoms with van der Waals surface area (Å²) in [4.78, 5) is 12.4. The maximum Gasteiger partial charge on any atom is 0.313 e. The van der Waals surface area contributed by atoms with E-state index in [0.717, 1.165) is 16.7 Å². The molecule has 0 aliphatic carbocycles. The van der Waals surface area contributed by atoms with Crippen LogP contribution in [0.3, 0.4) is 0 Å². The summed E-state index contributed by atoms with van der Waals surface area (Å²) in [5.41, 5.74) is 3.15. The number of hydrogen-bond donors (Lipinski definition) is 1. The number of aromatic nitrogens is 2. The minimum absolute atomic E-state index is 0.134. The van der Waals surface area contributed by atoms with Crippen molar-refractivity contribution in [3.8, 4) is 17.2 Å². The number of hydrogen-bond acceptors (Lipinski definition) is 5. The summed E-state index contributed by atoms with van der Waals surface area (Å²) in [6, 6.07) is 10.9. The van der Waals surface area contributed by atoms with Gasteiger partial charge >= 0.3 is 11.8 Å². The van der Waals surface area contributed by atoms with Gasteiger partial charge in [0.15, 0.2) is 0 Å². The van der Waals surface area contributed by atoms with E-state index in [9.17, 15) is 4.79 Å². The summed E-state index contributed by atoms with van der Waals surface area (Å²) in [7, 11) is 1.50. The van der Waals surface area contributed by atoms with Crippen molar-refractivity contribution in [3.63, 3.8) is 0 Å². The number of amides is 1. The number of methoxy groups -OCH3 is 1. The van der Waals surface area contributed by atoms with Crippen LogP contribution in [0.4, 0.5) is 5.69 Å². The fraction of sp³-hybridized carbons (Fsp3) is 0.167. The van der Waals surface area contributed by atoms with Crippen LogP contribution in [0.25, 0.3) is 11.5 Å². The van der Waals surface area contributed by atoms with Crippen LogP contribution >= 0.6 is 11.6 Å². The maximum absolute atomic E-state index is 12.4. The quantitative estimate of drug-likeness (QED) is 0.754. The molecule has 0 aliphatic rings. The van der Waals surface area contributed by atoms with E-state index in [0.29, 0.717) is 16.5 Å². The molecule has 3 rings (SSSR count). The standard InChI is InChI=1S/C18H16ClN3O3/c1-10-4-6-12(7-5-10)17-21-22-18(25-17)16(23)20-14-8-11(2)13(19)9-15(14)24-3/h4-9H,1-3H3,(H,20,23). The first kappa shape index (κ1) is 17.0. The molecule has 0 aliphatic heterocycles. The second-order valence-electron chi connectivity index (χ2n) is 5.53. The van der Waals surface area contributed by atoms with Crippen LogP contribution in [0, 0.1) is 13.8 Å². The van der Waals surface area contributed by atoms with E-state index in [-0.39, 0.29) is 11.8 Å². The molecule has 0 spiro atoms. The maximum atomic E-state index is 12.4. The molecule has 0 fully saturated rings. The highest BCUT2D eigenvalue weighted by atomic mass is 35.5. The van der Waals surface area contributed by atoms with Crippen LogP contribution in [-0.2, 0) is 0 Å². The van der Waals surface area contributed by atoms with Gasteiger partial charge in [-0.05, 0) is 37.6 Å². The lowest BCUT2D eigenvalue weighted by Crippen LogP contribution is -2.13. The number of carbonyl (C=O) groups excluding carboxylic acids is 1. The Hall–Kier alpha value is -2.86. The Morgan fingerprint density at radius 3 is 2.56 bits per heavy atom. The SMILES string of the molecule is COc1cc(Cl)c(C)cc1NC(=O)c1nnc(-c2ccc(C)cc2)o1. The first-order chi connectivity index (χ1) is 12.0. The summed E-state index contributed by atoms with van der Waals surface area (Å²) >= 11 is 6.07. The predicted octanol–water partition coefficient (Wildman–Crippen LogP) is 4.27. The first-order valence-corrected chi connectivity index (χ1v) is 7.91. The Bertz CT molecular complexity index is 920. The Kier molecular flexibility index (Phi) is 4.72. The van der Waals surface area contributed by atoms with Crippen molar-refractivity contribution in [1.82, 2.24) is 10.2 Å². The van der Waals surface area contributed by atoms with Crippen LogP contribution < -0.4 is 10.1 Å². The van der Waals surface area contributed by atoms with Gasteiger partial charge in [-0.1, -0.05) is 29.3 Å². The van der Waals surface area contributed by atoms with E-state index in [4.69, 9.17) is 20.8 Å². The number of aryl methyl sites for hydroxylation is 2. The molecular weight excluding hydrogens is 342 g/mol. The third-order valence-electron chi connectivity index (χ3n) is 3.65. The number of halogens is 1. The molecule has 0 saturated carbocycles. The zero-order valence-corrected chi connectivity index (χ0v) is 14.7. The number of ether oxygens (including phenoxy) is 1. The zero-order chi connectivity index (χ0) is 18.0. The fourth-order valence-electron chi connectivity index (χ4n) is 2.23. The monoisotopic (exact) mass is 357 g/mol. The lowest BCUT2D eigenvalue weighted by atomic mass is 10.1. The van der Waals surface area contributed by atoms with Gasteiger partial charge < -0.3 is 14.5 Å². The van der Waals surface area contributed by atoms with Crippen LogP contribution in [0.2, 0.25) is 5.02 Å². The molecule has 0 saturated heterocycles. The molecule has 25 heavy (non-hydrogen) atoms. The lowest BCUT2D eigenvalue weighted by Gasteiger charge is -2.11. The fourth-order valence-corrected chi connectivity index (χ4v) is 2.39. The van der Waals surface area contributed by atoms with E-state index in [2.05, 4.69) is 15.5 Å². The molecule has 0 bridgehead atoms. The van der Waals surface area contributed by atoms with Gasteiger partial charge in [0.25, 0.3) is 0 Å². The van der Waals surface area contributed by atoms with Crippen LogP contribution in [0.1, 0.15) is 21.8 Å². The van der Waals surface area contributed by atoms with Crippen LogP contribution in [0.15, 0.2) is 40.8 Å². The first-order valence-electron chi connectivity index (χ1n) is 7.54. The molecule has 1 N–H and O–H groups in total. The second-order valence-corrected chi connectivity index (χ2v) is 5.94. The minimum atomic E-state index is -0.522. The molecule has 2 aromatic carbocycles. The highest BCUT2D eigenvalue weighted by Gasteiger charge is 2.18. The largest absolute Gasteiger partial charge is 0.495 e. The van der Waals surface area contributed by atoms with Gasteiger partial charge in [-0.3, -0.25) is 4.79 Å². The van der Waals surface area contributed by atoms with E-state index < -0.39 is 5.91 Å². The number of nitrogens with one attached hydrogen (secondary N) is 1. The molecule has 6 nitrogen and oxygen atoms in total. The molecule has 0 unspecified atom stereocenters. The van der Waals surface area contributed by atoms with Gasteiger partial charge in [0, 0.05) is 16.7 Å². The third-order valence-corrected chi connectivity index (χ3v) is 4.05. The Labute approximate surface area is 149 Å². The molecular formula is C18H16ClN3O3. The van der Waals surface area contributed by atoms with E-state index in [1.54, 1.807) is 12.1 Å². The summed E-state index contributed by atoms with van der Waals surface area (Å²) in [6.45, 7) is 3.82. The predicted molar refractivity (Wildman–Crippen MR) is 95.2 cm³/mol. The Morgan fingerprint density at radius 2 is 1.88 bits per heavy atom. The zero-order valence-electron chi connectivity index (χ0n) is 14.0.